The Morgan fingerprint density at radius 3 is 2.62 bits per heavy atom. The van der Waals surface area contributed by atoms with Gasteiger partial charge in [0.1, 0.15) is 5.82 Å². The van der Waals surface area contributed by atoms with Crippen LogP contribution in [-0.4, -0.2) is 24.0 Å². The van der Waals surface area contributed by atoms with Crippen molar-refractivity contribution in [2.75, 3.05) is 18.4 Å². The molecule has 1 amide bonds. The minimum atomic E-state index is -0.0222. The molecular formula is C16H22BrN3O. The lowest BCUT2D eigenvalue weighted by atomic mass is 9.98. The van der Waals surface area contributed by atoms with Gasteiger partial charge in [0.2, 0.25) is 0 Å². The molecule has 21 heavy (non-hydrogen) atoms. The van der Waals surface area contributed by atoms with Crippen molar-refractivity contribution in [3.63, 3.8) is 0 Å². The van der Waals surface area contributed by atoms with Crippen molar-refractivity contribution in [2.24, 2.45) is 17.8 Å². The average Bonchev–Trinajstić information content (AvgIpc) is 3.34. The van der Waals surface area contributed by atoms with Crippen LogP contribution in [0.1, 0.15) is 43.0 Å². The first kappa shape index (κ1) is 14.8. The highest BCUT2D eigenvalue weighted by molar-refractivity contribution is 9.10. The predicted octanol–water partition coefficient (Wildman–Crippen LogP) is 3.44. The van der Waals surface area contributed by atoms with E-state index in [1.807, 2.05) is 13.0 Å². The van der Waals surface area contributed by atoms with Gasteiger partial charge in [-0.3, -0.25) is 4.79 Å². The zero-order chi connectivity index (χ0) is 14.8. The lowest BCUT2D eigenvalue weighted by molar-refractivity contribution is 0.0944. The van der Waals surface area contributed by atoms with Crippen molar-refractivity contribution in [1.82, 2.24) is 10.3 Å². The fourth-order valence-corrected chi connectivity index (χ4v) is 3.32. The smallest absolute Gasteiger partial charge is 0.255 e. The Hall–Kier alpha value is -1.10. The number of aromatic nitrogens is 1. The second kappa shape index (κ2) is 6.34. The monoisotopic (exact) mass is 351 g/mol. The number of halogens is 1. The Bertz CT molecular complexity index is 514. The van der Waals surface area contributed by atoms with Gasteiger partial charge in [-0.1, -0.05) is 0 Å². The van der Waals surface area contributed by atoms with Crippen LogP contribution < -0.4 is 10.6 Å². The molecule has 5 heteroatoms. The molecule has 0 saturated heterocycles. The molecule has 2 N–H and O–H groups in total. The molecule has 0 atom stereocenters. The zero-order valence-electron chi connectivity index (χ0n) is 12.4. The minimum Gasteiger partial charge on any atom is -0.370 e. The van der Waals surface area contributed by atoms with E-state index in [2.05, 4.69) is 31.5 Å². The number of carbonyl (C=O) groups is 1. The molecule has 0 radical (unpaired) electrons. The average molecular weight is 352 g/mol. The van der Waals surface area contributed by atoms with Gasteiger partial charge >= 0.3 is 0 Å². The topological polar surface area (TPSA) is 54.0 Å². The Morgan fingerprint density at radius 1 is 1.38 bits per heavy atom. The highest BCUT2D eigenvalue weighted by Gasteiger charge is 2.41. The third kappa shape index (κ3) is 3.76. The summed E-state index contributed by atoms with van der Waals surface area (Å²) in [7, 11) is 0. The molecule has 2 aliphatic rings. The second-order valence-corrected chi connectivity index (χ2v) is 7.04. The van der Waals surface area contributed by atoms with Gasteiger partial charge in [0.15, 0.2) is 0 Å². The maximum absolute atomic E-state index is 12.5. The van der Waals surface area contributed by atoms with E-state index < -0.39 is 0 Å². The number of hydrogen-bond donors (Lipinski definition) is 2. The quantitative estimate of drug-likeness (QED) is 0.790. The number of pyridine rings is 1. The van der Waals surface area contributed by atoms with E-state index in [0.29, 0.717) is 17.3 Å². The van der Waals surface area contributed by atoms with Crippen molar-refractivity contribution < 1.29 is 4.79 Å². The number of anilines is 1. The van der Waals surface area contributed by atoms with Crippen LogP contribution >= 0.6 is 15.9 Å². The number of rotatable bonds is 7. The molecule has 2 fully saturated rings. The molecule has 3 rings (SSSR count). The van der Waals surface area contributed by atoms with E-state index in [0.717, 1.165) is 29.4 Å². The molecule has 1 aromatic heterocycles. The third-order valence-electron chi connectivity index (χ3n) is 4.40. The summed E-state index contributed by atoms with van der Waals surface area (Å²) in [4.78, 5) is 16.8. The van der Waals surface area contributed by atoms with Crippen molar-refractivity contribution in [2.45, 2.75) is 32.6 Å². The van der Waals surface area contributed by atoms with Crippen LogP contribution in [0.5, 0.6) is 0 Å². The largest absolute Gasteiger partial charge is 0.370 e. The summed E-state index contributed by atoms with van der Waals surface area (Å²) in [5, 5.41) is 6.28. The number of hydrogen-bond acceptors (Lipinski definition) is 3. The lowest BCUT2D eigenvalue weighted by Crippen LogP contribution is -2.31. The molecule has 1 aromatic rings. The summed E-state index contributed by atoms with van der Waals surface area (Å²) in [6.45, 7) is 3.57. The highest BCUT2D eigenvalue weighted by atomic mass is 79.9. The van der Waals surface area contributed by atoms with E-state index in [-0.39, 0.29) is 5.91 Å². The molecule has 4 nitrogen and oxygen atoms in total. The van der Waals surface area contributed by atoms with Gasteiger partial charge in [-0.15, -0.1) is 0 Å². The van der Waals surface area contributed by atoms with Crippen LogP contribution in [-0.2, 0) is 0 Å². The maximum atomic E-state index is 12.5. The Labute approximate surface area is 134 Å². The molecule has 0 spiro atoms. The Balaban J connectivity index is 1.65. The Morgan fingerprint density at radius 2 is 2.05 bits per heavy atom. The van der Waals surface area contributed by atoms with E-state index in [1.54, 1.807) is 6.20 Å². The first-order valence-corrected chi connectivity index (χ1v) is 8.66. The summed E-state index contributed by atoms with van der Waals surface area (Å²) in [6.07, 6.45) is 7.10. The molecule has 1 heterocycles. The second-order valence-electron chi connectivity index (χ2n) is 6.13. The molecule has 0 bridgehead atoms. The minimum absolute atomic E-state index is 0.0222. The summed E-state index contributed by atoms with van der Waals surface area (Å²) in [5.74, 6) is 3.04. The van der Waals surface area contributed by atoms with E-state index in [4.69, 9.17) is 0 Å². The third-order valence-corrected chi connectivity index (χ3v) is 4.83. The number of amides is 1. The maximum Gasteiger partial charge on any atom is 0.255 e. The van der Waals surface area contributed by atoms with Crippen LogP contribution in [0.2, 0.25) is 0 Å². The van der Waals surface area contributed by atoms with Gasteiger partial charge < -0.3 is 10.6 Å². The summed E-state index contributed by atoms with van der Waals surface area (Å²) < 4.78 is 0.829. The van der Waals surface area contributed by atoms with E-state index >= 15 is 0 Å². The van der Waals surface area contributed by atoms with Crippen molar-refractivity contribution >= 4 is 27.7 Å². The normalized spacial score (nSPS) is 17.9. The van der Waals surface area contributed by atoms with Crippen molar-refractivity contribution in [3.05, 3.63) is 22.3 Å². The Kier molecular flexibility index (Phi) is 4.48. The molecule has 114 valence electrons. The van der Waals surface area contributed by atoms with Crippen LogP contribution in [0.15, 0.2) is 16.7 Å². The SMILES string of the molecule is CCNc1ncc(Br)cc1C(=O)NCC(C1CC1)C1CC1. The fourth-order valence-electron chi connectivity index (χ4n) is 2.99. The molecular weight excluding hydrogens is 330 g/mol. The van der Waals surface area contributed by atoms with Gasteiger partial charge in [0.25, 0.3) is 5.91 Å². The first-order valence-electron chi connectivity index (χ1n) is 7.86. The van der Waals surface area contributed by atoms with E-state index in [9.17, 15) is 4.79 Å². The van der Waals surface area contributed by atoms with Crippen LogP contribution in [0, 0.1) is 17.8 Å². The predicted molar refractivity (Wildman–Crippen MR) is 87.4 cm³/mol. The van der Waals surface area contributed by atoms with Crippen LogP contribution in [0.3, 0.4) is 0 Å². The highest BCUT2D eigenvalue weighted by Crippen LogP contribution is 2.48. The lowest BCUT2D eigenvalue weighted by Gasteiger charge is -2.17. The molecule has 2 saturated carbocycles. The van der Waals surface area contributed by atoms with Crippen LogP contribution in [0.25, 0.3) is 0 Å². The van der Waals surface area contributed by atoms with Crippen molar-refractivity contribution in [1.29, 1.82) is 0 Å². The van der Waals surface area contributed by atoms with Gasteiger partial charge in [-0.05, 0) is 72.4 Å². The van der Waals surface area contributed by atoms with Crippen LogP contribution in [0.4, 0.5) is 5.82 Å². The standard InChI is InChI=1S/C16H22BrN3O/c1-2-18-15-13(7-12(17)8-19-15)16(21)20-9-14(10-3-4-10)11-5-6-11/h7-8,10-11,14H,2-6,9H2,1H3,(H,18,19)(H,20,21). The number of nitrogens with zero attached hydrogens (tertiary/aromatic N) is 1. The summed E-state index contributed by atoms with van der Waals surface area (Å²) in [6, 6.07) is 1.84. The molecule has 0 aliphatic heterocycles. The van der Waals surface area contributed by atoms with Gasteiger partial charge in [-0.2, -0.15) is 0 Å². The molecule has 2 aliphatic carbocycles. The summed E-state index contributed by atoms with van der Waals surface area (Å²) in [5.41, 5.74) is 0.622. The van der Waals surface area contributed by atoms with Crippen molar-refractivity contribution in [3.8, 4) is 0 Å². The van der Waals surface area contributed by atoms with Gasteiger partial charge in [0, 0.05) is 23.8 Å². The molecule has 0 aromatic carbocycles. The zero-order valence-corrected chi connectivity index (χ0v) is 13.9. The molecule has 0 unspecified atom stereocenters. The van der Waals surface area contributed by atoms with E-state index in [1.165, 1.54) is 25.7 Å². The first-order chi connectivity index (χ1) is 10.2. The summed E-state index contributed by atoms with van der Waals surface area (Å²) >= 11 is 3.39. The van der Waals surface area contributed by atoms with Gasteiger partial charge in [-0.25, -0.2) is 4.98 Å². The fraction of sp³-hybridized carbons (Fsp3) is 0.625. The number of carbonyl (C=O) groups excluding carboxylic acids is 1. The van der Waals surface area contributed by atoms with Gasteiger partial charge in [0.05, 0.1) is 5.56 Å². The number of nitrogens with one attached hydrogen (secondary N) is 2.